The van der Waals surface area contributed by atoms with E-state index in [-0.39, 0.29) is 5.69 Å². The molecule has 0 fully saturated rings. The second-order valence-electron chi connectivity index (χ2n) is 4.64. The summed E-state index contributed by atoms with van der Waals surface area (Å²) in [5.41, 5.74) is 2.36. The van der Waals surface area contributed by atoms with Crippen LogP contribution < -0.4 is 5.69 Å². The molecule has 0 saturated heterocycles. The molecule has 0 saturated carbocycles. The molecule has 21 heavy (non-hydrogen) atoms. The Bertz CT molecular complexity index is 863. The third-order valence-corrected chi connectivity index (χ3v) is 4.09. The number of nitrogens with zero attached hydrogens (tertiary/aromatic N) is 3. The highest BCUT2D eigenvalue weighted by molar-refractivity contribution is 7.98. The lowest BCUT2D eigenvalue weighted by molar-refractivity contribution is 0.843. The van der Waals surface area contributed by atoms with Crippen molar-refractivity contribution in [2.45, 2.75) is 17.8 Å². The van der Waals surface area contributed by atoms with Crippen molar-refractivity contribution in [3.63, 3.8) is 0 Å². The van der Waals surface area contributed by atoms with E-state index in [1.165, 1.54) is 16.2 Å². The second-order valence-corrected chi connectivity index (χ2v) is 6.02. The molecule has 2 heterocycles. The van der Waals surface area contributed by atoms with Gasteiger partial charge in [0.15, 0.2) is 5.16 Å². The standard InChI is InChI=1S/C15H12ClN3OS/c1-10-5-6-13-17-14(18-15(20)19(13)8-10)21-9-11-3-2-4-12(16)7-11/h2-8H,9H2,1H3. The number of hydrogen-bond donors (Lipinski definition) is 0. The molecule has 0 N–H and O–H groups in total. The number of aromatic nitrogens is 3. The van der Waals surface area contributed by atoms with Crippen LogP contribution in [0.25, 0.3) is 5.65 Å². The predicted molar refractivity (Wildman–Crippen MR) is 85.0 cm³/mol. The smallest absolute Gasteiger partial charge is 0.251 e. The molecule has 3 aromatic rings. The Morgan fingerprint density at radius 2 is 2.10 bits per heavy atom. The molecule has 0 unspecified atom stereocenters. The summed E-state index contributed by atoms with van der Waals surface area (Å²) < 4.78 is 1.46. The highest BCUT2D eigenvalue weighted by Crippen LogP contribution is 2.20. The predicted octanol–water partition coefficient (Wildman–Crippen LogP) is 3.34. The van der Waals surface area contributed by atoms with Gasteiger partial charge in [-0.15, -0.1) is 0 Å². The van der Waals surface area contributed by atoms with Gasteiger partial charge in [-0.3, -0.25) is 4.40 Å². The summed E-state index contributed by atoms with van der Waals surface area (Å²) in [4.78, 5) is 20.4. The first-order valence-corrected chi connectivity index (χ1v) is 7.72. The molecule has 0 radical (unpaired) electrons. The summed E-state index contributed by atoms with van der Waals surface area (Å²) in [5, 5.41) is 1.17. The summed E-state index contributed by atoms with van der Waals surface area (Å²) in [7, 11) is 0. The van der Waals surface area contributed by atoms with Crippen molar-refractivity contribution in [2.24, 2.45) is 0 Å². The average molecular weight is 318 g/mol. The number of fused-ring (bicyclic) bond motifs is 1. The fraction of sp³-hybridized carbons (Fsp3) is 0.133. The molecular formula is C15H12ClN3OS. The molecule has 1 aromatic carbocycles. The van der Waals surface area contributed by atoms with E-state index >= 15 is 0 Å². The summed E-state index contributed by atoms with van der Waals surface area (Å²) in [6.07, 6.45) is 1.74. The minimum absolute atomic E-state index is 0.308. The van der Waals surface area contributed by atoms with E-state index in [2.05, 4.69) is 9.97 Å². The monoisotopic (exact) mass is 317 g/mol. The quantitative estimate of drug-likeness (QED) is 0.695. The van der Waals surface area contributed by atoms with Crippen LogP contribution in [0.2, 0.25) is 5.02 Å². The van der Waals surface area contributed by atoms with Crippen molar-refractivity contribution < 1.29 is 0 Å². The Kier molecular flexibility index (Phi) is 3.94. The molecule has 3 rings (SSSR count). The van der Waals surface area contributed by atoms with Crippen molar-refractivity contribution >= 4 is 29.0 Å². The van der Waals surface area contributed by atoms with Crippen LogP contribution in [0, 0.1) is 6.92 Å². The second kappa shape index (κ2) is 5.87. The van der Waals surface area contributed by atoms with E-state index in [1.807, 2.05) is 43.3 Å². The summed E-state index contributed by atoms with van der Waals surface area (Å²) >= 11 is 7.37. The van der Waals surface area contributed by atoms with Gasteiger partial charge in [0.25, 0.3) is 0 Å². The van der Waals surface area contributed by atoms with Crippen LogP contribution in [0.5, 0.6) is 0 Å². The molecule has 2 aromatic heterocycles. The van der Waals surface area contributed by atoms with Gasteiger partial charge in [-0.05, 0) is 36.2 Å². The lowest BCUT2D eigenvalue weighted by atomic mass is 10.2. The van der Waals surface area contributed by atoms with Gasteiger partial charge in [0.2, 0.25) is 0 Å². The molecule has 106 valence electrons. The van der Waals surface area contributed by atoms with Gasteiger partial charge in [-0.25, -0.2) is 9.78 Å². The fourth-order valence-electron chi connectivity index (χ4n) is 1.94. The third kappa shape index (κ3) is 3.25. The minimum atomic E-state index is -0.308. The number of aryl methyl sites for hydroxylation is 1. The zero-order valence-electron chi connectivity index (χ0n) is 11.3. The van der Waals surface area contributed by atoms with Crippen LogP contribution in [-0.2, 0) is 5.75 Å². The average Bonchev–Trinajstić information content (AvgIpc) is 2.46. The van der Waals surface area contributed by atoms with Gasteiger partial charge in [0.1, 0.15) is 5.65 Å². The Morgan fingerprint density at radius 3 is 2.90 bits per heavy atom. The van der Waals surface area contributed by atoms with Gasteiger partial charge in [-0.2, -0.15) is 4.98 Å². The molecule has 0 spiro atoms. The normalized spacial score (nSPS) is 11.0. The van der Waals surface area contributed by atoms with Gasteiger partial charge >= 0.3 is 5.69 Å². The number of benzene rings is 1. The van der Waals surface area contributed by atoms with Crippen LogP contribution in [0.15, 0.2) is 52.5 Å². The number of halogens is 1. The van der Waals surface area contributed by atoms with E-state index in [0.717, 1.165) is 11.1 Å². The topological polar surface area (TPSA) is 47.3 Å². The number of thioether (sulfide) groups is 1. The van der Waals surface area contributed by atoms with E-state index in [9.17, 15) is 4.79 Å². The first kappa shape index (κ1) is 14.1. The SMILES string of the molecule is Cc1ccc2nc(SCc3cccc(Cl)c3)nc(=O)n2c1. The third-order valence-electron chi connectivity index (χ3n) is 2.94. The van der Waals surface area contributed by atoms with Crippen LogP contribution in [0.3, 0.4) is 0 Å². The summed E-state index contributed by atoms with van der Waals surface area (Å²) in [5.74, 6) is 0.669. The minimum Gasteiger partial charge on any atom is -0.251 e. The highest BCUT2D eigenvalue weighted by atomic mass is 35.5. The molecule has 6 heteroatoms. The molecule has 4 nitrogen and oxygen atoms in total. The van der Waals surface area contributed by atoms with Crippen LogP contribution in [-0.4, -0.2) is 14.4 Å². The van der Waals surface area contributed by atoms with E-state index in [0.29, 0.717) is 21.6 Å². The van der Waals surface area contributed by atoms with Gasteiger partial charge in [0, 0.05) is 17.0 Å². The summed E-state index contributed by atoms with van der Waals surface area (Å²) in [6, 6.07) is 11.4. The zero-order valence-corrected chi connectivity index (χ0v) is 12.9. The van der Waals surface area contributed by atoms with Crippen molar-refractivity contribution in [2.75, 3.05) is 0 Å². The van der Waals surface area contributed by atoms with Crippen molar-refractivity contribution in [3.8, 4) is 0 Å². The van der Waals surface area contributed by atoms with Gasteiger partial charge in [-0.1, -0.05) is 41.6 Å². The summed E-state index contributed by atoms with van der Waals surface area (Å²) in [6.45, 7) is 1.92. The van der Waals surface area contributed by atoms with Gasteiger partial charge in [0.05, 0.1) is 0 Å². The van der Waals surface area contributed by atoms with Crippen LogP contribution in [0.4, 0.5) is 0 Å². The van der Waals surface area contributed by atoms with Gasteiger partial charge < -0.3 is 0 Å². The molecule has 0 atom stereocenters. The lowest BCUT2D eigenvalue weighted by Crippen LogP contribution is -2.19. The molecule has 0 aliphatic carbocycles. The molecule has 0 bridgehead atoms. The number of pyridine rings is 1. The Labute approximate surface area is 130 Å². The number of rotatable bonds is 3. The van der Waals surface area contributed by atoms with Crippen molar-refractivity contribution in [1.29, 1.82) is 0 Å². The lowest BCUT2D eigenvalue weighted by Gasteiger charge is -2.04. The Balaban J connectivity index is 1.88. The Morgan fingerprint density at radius 1 is 1.24 bits per heavy atom. The maximum atomic E-state index is 12.0. The zero-order chi connectivity index (χ0) is 14.8. The molecule has 0 aliphatic rings. The van der Waals surface area contributed by atoms with Crippen molar-refractivity contribution in [1.82, 2.24) is 14.4 Å². The number of hydrogen-bond acceptors (Lipinski definition) is 4. The van der Waals surface area contributed by atoms with E-state index in [4.69, 9.17) is 11.6 Å². The van der Waals surface area contributed by atoms with Crippen LogP contribution in [0.1, 0.15) is 11.1 Å². The largest absolute Gasteiger partial charge is 0.355 e. The maximum absolute atomic E-state index is 12.0. The first-order valence-electron chi connectivity index (χ1n) is 6.36. The fourth-order valence-corrected chi connectivity index (χ4v) is 2.93. The highest BCUT2D eigenvalue weighted by Gasteiger charge is 2.05. The van der Waals surface area contributed by atoms with Crippen LogP contribution >= 0.6 is 23.4 Å². The molecule has 0 aliphatic heterocycles. The first-order chi connectivity index (χ1) is 10.1. The molecular weight excluding hydrogens is 306 g/mol. The maximum Gasteiger partial charge on any atom is 0.355 e. The van der Waals surface area contributed by atoms with E-state index < -0.39 is 0 Å². The van der Waals surface area contributed by atoms with E-state index in [1.54, 1.807) is 6.20 Å². The molecule has 0 amide bonds. The van der Waals surface area contributed by atoms with Crippen molar-refractivity contribution in [3.05, 3.63) is 69.2 Å². The Hall–Kier alpha value is -1.85.